The highest BCUT2D eigenvalue weighted by atomic mass is 16.7. The Morgan fingerprint density at radius 1 is 1.30 bits per heavy atom. The molecule has 0 bridgehead atoms. The fourth-order valence-corrected chi connectivity index (χ4v) is 1.69. The molecule has 0 atom stereocenters. The SMILES string of the molecule is CCOC(CN/C=C(/C#N)C(=O)Nc1ccc(O)cc1)OCC. The second-order valence-corrected chi connectivity index (χ2v) is 4.42. The summed E-state index contributed by atoms with van der Waals surface area (Å²) in [4.78, 5) is 12.0. The van der Waals surface area contributed by atoms with Crippen molar-refractivity contribution in [2.75, 3.05) is 25.1 Å². The predicted molar refractivity (Wildman–Crippen MR) is 85.5 cm³/mol. The molecule has 0 aliphatic carbocycles. The van der Waals surface area contributed by atoms with Gasteiger partial charge in [-0.3, -0.25) is 4.79 Å². The van der Waals surface area contributed by atoms with Gasteiger partial charge in [0.1, 0.15) is 17.4 Å². The molecule has 1 rings (SSSR count). The Kier molecular flexibility index (Phi) is 8.21. The zero-order valence-electron chi connectivity index (χ0n) is 13.2. The molecule has 1 aromatic carbocycles. The van der Waals surface area contributed by atoms with Crippen LogP contribution in [0.2, 0.25) is 0 Å². The predicted octanol–water partition coefficient (Wildman–Crippen LogP) is 1.73. The average molecular weight is 319 g/mol. The van der Waals surface area contributed by atoms with Crippen LogP contribution in [0.15, 0.2) is 36.0 Å². The number of carbonyl (C=O) groups is 1. The van der Waals surface area contributed by atoms with E-state index in [4.69, 9.17) is 14.7 Å². The average Bonchev–Trinajstić information content (AvgIpc) is 2.54. The number of phenols is 1. The molecule has 0 spiro atoms. The molecule has 0 aliphatic heterocycles. The van der Waals surface area contributed by atoms with Crippen LogP contribution >= 0.6 is 0 Å². The van der Waals surface area contributed by atoms with E-state index in [1.165, 1.54) is 30.5 Å². The van der Waals surface area contributed by atoms with Crippen molar-refractivity contribution in [1.82, 2.24) is 5.32 Å². The first-order valence-electron chi connectivity index (χ1n) is 7.27. The third-order valence-electron chi connectivity index (χ3n) is 2.73. The third kappa shape index (κ3) is 6.82. The van der Waals surface area contributed by atoms with Gasteiger partial charge < -0.3 is 25.2 Å². The lowest BCUT2D eigenvalue weighted by Gasteiger charge is -2.16. The van der Waals surface area contributed by atoms with Crippen LogP contribution in [-0.2, 0) is 14.3 Å². The molecule has 0 unspecified atom stereocenters. The first kappa shape index (κ1) is 18.5. The first-order chi connectivity index (χ1) is 11.1. The van der Waals surface area contributed by atoms with Crippen LogP contribution in [0.3, 0.4) is 0 Å². The van der Waals surface area contributed by atoms with Crippen molar-refractivity contribution in [3.05, 3.63) is 36.0 Å². The summed E-state index contributed by atoms with van der Waals surface area (Å²) >= 11 is 0. The summed E-state index contributed by atoms with van der Waals surface area (Å²) < 4.78 is 10.7. The zero-order valence-corrected chi connectivity index (χ0v) is 13.2. The number of carbonyl (C=O) groups excluding carboxylic acids is 1. The van der Waals surface area contributed by atoms with E-state index in [-0.39, 0.29) is 11.3 Å². The Labute approximate surface area is 135 Å². The van der Waals surface area contributed by atoms with E-state index in [1.807, 2.05) is 19.9 Å². The van der Waals surface area contributed by atoms with Crippen LogP contribution in [0.1, 0.15) is 13.8 Å². The van der Waals surface area contributed by atoms with Gasteiger partial charge in [0.05, 0.1) is 6.54 Å². The van der Waals surface area contributed by atoms with Gasteiger partial charge in [-0.1, -0.05) is 0 Å². The van der Waals surface area contributed by atoms with E-state index < -0.39 is 12.2 Å². The molecule has 0 saturated heterocycles. The van der Waals surface area contributed by atoms with Crippen molar-refractivity contribution in [3.63, 3.8) is 0 Å². The van der Waals surface area contributed by atoms with Gasteiger partial charge in [-0.2, -0.15) is 5.26 Å². The molecule has 1 aromatic rings. The van der Waals surface area contributed by atoms with Gasteiger partial charge in [0.25, 0.3) is 5.91 Å². The molecule has 0 aliphatic rings. The van der Waals surface area contributed by atoms with Crippen molar-refractivity contribution in [2.45, 2.75) is 20.1 Å². The van der Waals surface area contributed by atoms with Crippen LogP contribution in [0, 0.1) is 11.3 Å². The lowest BCUT2D eigenvalue weighted by Crippen LogP contribution is -2.29. The van der Waals surface area contributed by atoms with Crippen LogP contribution < -0.4 is 10.6 Å². The van der Waals surface area contributed by atoms with Crippen molar-refractivity contribution < 1.29 is 19.4 Å². The number of aromatic hydroxyl groups is 1. The number of rotatable bonds is 9. The minimum atomic E-state index is -0.546. The second kappa shape index (κ2) is 10.2. The van der Waals surface area contributed by atoms with Crippen molar-refractivity contribution in [2.24, 2.45) is 0 Å². The molecule has 0 saturated carbocycles. The van der Waals surface area contributed by atoms with E-state index in [0.29, 0.717) is 25.4 Å². The molecule has 0 heterocycles. The lowest BCUT2D eigenvalue weighted by atomic mass is 10.2. The van der Waals surface area contributed by atoms with Gasteiger partial charge in [0.2, 0.25) is 0 Å². The summed E-state index contributed by atoms with van der Waals surface area (Å²) in [5.41, 5.74) is 0.403. The van der Waals surface area contributed by atoms with Gasteiger partial charge in [0, 0.05) is 25.1 Å². The number of amides is 1. The number of hydrogen-bond donors (Lipinski definition) is 3. The van der Waals surface area contributed by atoms with Gasteiger partial charge >= 0.3 is 0 Å². The van der Waals surface area contributed by atoms with Gasteiger partial charge in [-0.25, -0.2) is 0 Å². The molecule has 7 heteroatoms. The summed E-state index contributed by atoms with van der Waals surface area (Å²) in [5, 5.41) is 23.7. The van der Waals surface area contributed by atoms with Crippen molar-refractivity contribution in [3.8, 4) is 11.8 Å². The van der Waals surface area contributed by atoms with Crippen LogP contribution in [0.5, 0.6) is 5.75 Å². The minimum Gasteiger partial charge on any atom is -0.508 e. The Bertz CT molecular complexity index is 558. The van der Waals surface area contributed by atoms with Gasteiger partial charge in [-0.05, 0) is 38.1 Å². The second-order valence-electron chi connectivity index (χ2n) is 4.42. The van der Waals surface area contributed by atoms with Gasteiger partial charge in [-0.15, -0.1) is 0 Å². The summed E-state index contributed by atoms with van der Waals surface area (Å²) in [6, 6.07) is 7.79. The standard InChI is InChI=1S/C16H21N3O4/c1-3-22-15(23-4-2)11-18-10-12(9-17)16(21)19-13-5-7-14(20)8-6-13/h5-8,10,15,18,20H,3-4,11H2,1-2H3,(H,19,21)/b12-10-. The summed E-state index contributed by atoms with van der Waals surface area (Å²) in [6.07, 6.45) is 0.877. The van der Waals surface area contributed by atoms with Crippen LogP contribution in [0.4, 0.5) is 5.69 Å². The molecular weight excluding hydrogens is 298 g/mol. The molecule has 124 valence electrons. The van der Waals surface area contributed by atoms with E-state index in [2.05, 4.69) is 10.6 Å². The van der Waals surface area contributed by atoms with Crippen molar-refractivity contribution in [1.29, 1.82) is 5.26 Å². The Hall–Kier alpha value is -2.56. The topological polar surface area (TPSA) is 104 Å². The summed E-state index contributed by atoms with van der Waals surface area (Å²) in [6.45, 7) is 5.03. The number of anilines is 1. The molecular formula is C16H21N3O4. The Morgan fingerprint density at radius 3 is 2.43 bits per heavy atom. The van der Waals surface area contributed by atoms with E-state index in [1.54, 1.807) is 0 Å². The minimum absolute atomic E-state index is 0.0789. The molecule has 0 aromatic heterocycles. The summed E-state index contributed by atoms with van der Waals surface area (Å²) in [5.74, 6) is -0.450. The highest BCUT2D eigenvalue weighted by molar-refractivity contribution is 6.06. The van der Waals surface area contributed by atoms with Crippen LogP contribution in [-0.4, -0.2) is 37.1 Å². The smallest absolute Gasteiger partial charge is 0.267 e. The maximum atomic E-state index is 12.0. The monoisotopic (exact) mass is 319 g/mol. The number of nitrogens with one attached hydrogen (secondary N) is 2. The quantitative estimate of drug-likeness (QED) is 0.277. The molecule has 1 amide bonds. The Balaban J connectivity index is 2.58. The van der Waals surface area contributed by atoms with E-state index in [9.17, 15) is 9.90 Å². The lowest BCUT2D eigenvalue weighted by molar-refractivity contribution is -0.131. The number of hydrogen-bond acceptors (Lipinski definition) is 6. The molecule has 0 radical (unpaired) electrons. The highest BCUT2D eigenvalue weighted by Gasteiger charge is 2.10. The fourth-order valence-electron chi connectivity index (χ4n) is 1.69. The third-order valence-corrected chi connectivity index (χ3v) is 2.73. The van der Waals surface area contributed by atoms with E-state index in [0.717, 1.165) is 0 Å². The molecule has 0 fully saturated rings. The first-order valence-corrected chi connectivity index (χ1v) is 7.27. The zero-order chi connectivity index (χ0) is 17.1. The number of phenolic OH excluding ortho intramolecular Hbond substituents is 1. The molecule has 23 heavy (non-hydrogen) atoms. The highest BCUT2D eigenvalue weighted by Crippen LogP contribution is 2.14. The largest absolute Gasteiger partial charge is 0.508 e. The maximum absolute atomic E-state index is 12.0. The molecule has 3 N–H and O–H groups in total. The fraction of sp³-hybridized carbons (Fsp3) is 0.375. The number of ether oxygens (including phenoxy) is 2. The summed E-state index contributed by atoms with van der Waals surface area (Å²) in [7, 11) is 0. The van der Waals surface area contributed by atoms with Crippen LogP contribution in [0.25, 0.3) is 0 Å². The number of nitriles is 1. The Morgan fingerprint density at radius 2 is 1.91 bits per heavy atom. The normalized spacial score (nSPS) is 11.1. The van der Waals surface area contributed by atoms with Crippen molar-refractivity contribution >= 4 is 11.6 Å². The van der Waals surface area contributed by atoms with Gasteiger partial charge in [0.15, 0.2) is 6.29 Å². The molecule has 7 nitrogen and oxygen atoms in total. The van der Waals surface area contributed by atoms with E-state index >= 15 is 0 Å². The maximum Gasteiger partial charge on any atom is 0.267 e. The number of benzene rings is 1. The number of nitrogens with zero attached hydrogens (tertiary/aromatic N) is 1.